The van der Waals surface area contributed by atoms with Crippen molar-refractivity contribution in [3.05, 3.63) is 0 Å². The summed E-state index contributed by atoms with van der Waals surface area (Å²) in [6.07, 6.45) is 3.19. The lowest BCUT2D eigenvalue weighted by molar-refractivity contribution is -0.141. The Kier molecular flexibility index (Phi) is 3.06. The van der Waals surface area contributed by atoms with E-state index in [1.165, 1.54) is 39.0 Å². The minimum atomic E-state index is 0.287. The molecule has 2 aliphatic heterocycles. The third-order valence-electron chi connectivity index (χ3n) is 3.66. The van der Waals surface area contributed by atoms with Gasteiger partial charge in [-0.05, 0) is 40.7 Å². The summed E-state index contributed by atoms with van der Waals surface area (Å²) in [7, 11) is 2.26. The van der Waals surface area contributed by atoms with Gasteiger partial charge in [-0.15, -0.1) is 0 Å². The van der Waals surface area contributed by atoms with Crippen molar-refractivity contribution in [3.8, 4) is 0 Å². The summed E-state index contributed by atoms with van der Waals surface area (Å²) in [5.74, 6) is 0. The SMILES string of the molecule is CN1CCCN2CCCN(C(C)(C)C)C12. The van der Waals surface area contributed by atoms with Crippen LogP contribution in [0.3, 0.4) is 0 Å². The lowest BCUT2D eigenvalue weighted by atomic mass is 10.0. The van der Waals surface area contributed by atoms with Crippen LogP contribution in [0.5, 0.6) is 0 Å². The molecule has 2 saturated heterocycles. The van der Waals surface area contributed by atoms with Crippen LogP contribution in [0.25, 0.3) is 0 Å². The van der Waals surface area contributed by atoms with Crippen LogP contribution >= 0.6 is 0 Å². The Balaban J connectivity index is 2.16. The van der Waals surface area contributed by atoms with E-state index in [0.717, 1.165) is 0 Å². The lowest BCUT2D eigenvalue weighted by Gasteiger charge is -2.55. The Morgan fingerprint density at radius 2 is 1.53 bits per heavy atom. The maximum absolute atomic E-state index is 2.65. The highest BCUT2D eigenvalue weighted by molar-refractivity contribution is 4.88. The minimum absolute atomic E-state index is 0.287. The predicted molar refractivity (Wildman–Crippen MR) is 63.7 cm³/mol. The maximum atomic E-state index is 2.65. The molecule has 0 radical (unpaired) electrons. The van der Waals surface area contributed by atoms with Gasteiger partial charge in [-0.2, -0.15) is 0 Å². The molecule has 1 unspecified atom stereocenters. The summed E-state index contributed by atoms with van der Waals surface area (Å²) >= 11 is 0. The first-order valence-electron chi connectivity index (χ1n) is 6.21. The van der Waals surface area contributed by atoms with Crippen molar-refractivity contribution in [3.63, 3.8) is 0 Å². The highest BCUT2D eigenvalue weighted by Crippen LogP contribution is 2.27. The molecule has 15 heavy (non-hydrogen) atoms. The Labute approximate surface area is 94.0 Å². The molecular formula is C12H25N3. The van der Waals surface area contributed by atoms with E-state index in [-0.39, 0.29) is 5.54 Å². The standard InChI is InChI=1S/C12H25N3/c1-12(2,3)15-10-6-9-14-8-5-7-13(4)11(14)15/h11H,5-10H2,1-4H3. The van der Waals surface area contributed by atoms with Gasteiger partial charge in [-0.1, -0.05) is 0 Å². The van der Waals surface area contributed by atoms with E-state index >= 15 is 0 Å². The summed E-state index contributed by atoms with van der Waals surface area (Å²) in [5, 5.41) is 0. The van der Waals surface area contributed by atoms with E-state index < -0.39 is 0 Å². The molecule has 2 aliphatic rings. The zero-order valence-electron chi connectivity index (χ0n) is 10.7. The molecule has 0 aliphatic carbocycles. The largest absolute Gasteiger partial charge is 0.278 e. The molecule has 0 aromatic heterocycles. The van der Waals surface area contributed by atoms with E-state index in [1.54, 1.807) is 0 Å². The molecule has 3 nitrogen and oxygen atoms in total. The van der Waals surface area contributed by atoms with Crippen molar-refractivity contribution in [2.45, 2.75) is 45.4 Å². The summed E-state index contributed by atoms with van der Waals surface area (Å²) in [5.41, 5.74) is 0.287. The first-order valence-corrected chi connectivity index (χ1v) is 6.21. The molecule has 0 amide bonds. The van der Waals surface area contributed by atoms with Crippen molar-refractivity contribution < 1.29 is 0 Å². The van der Waals surface area contributed by atoms with Gasteiger partial charge >= 0.3 is 0 Å². The third kappa shape index (κ3) is 2.19. The number of nitrogens with zero attached hydrogens (tertiary/aromatic N) is 3. The monoisotopic (exact) mass is 211 g/mol. The topological polar surface area (TPSA) is 9.72 Å². The number of hydrogen-bond donors (Lipinski definition) is 0. The van der Waals surface area contributed by atoms with Crippen LogP contribution in [0.1, 0.15) is 33.6 Å². The summed E-state index contributed by atoms with van der Waals surface area (Å²) < 4.78 is 0. The Morgan fingerprint density at radius 1 is 0.933 bits per heavy atom. The molecule has 2 rings (SSSR count). The average Bonchev–Trinajstić information content (AvgIpc) is 2.16. The molecule has 0 N–H and O–H groups in total. The second-order valence-corrected chi connectivity index (χ2v) is 5.93. The minimum Gasteiger partial charge on any atom is -0.278 e. The van der Waals surface area contributed by atoms with Gasteiger partial charge in [-0.3, -0.25) is 14.7 Å². The lowest BCUT2D eigenvalue weighted by Crippen LogP contribution is -2.67. The van der Waals surface area contributed by atoms with Crippen molar-refractivity contribution in [1.29, 1.82) is 0 Å². The highest BCUT2D eigenvalue weighted by atomic mass is 15.5. The zero-order chi connectivity index (χ0) is 11.1. The molecule has 88 valence electrons. The van der Waals surface area contributed by atoms with Gasteiger partial charge in [0.15, 0.2) is 0 Å². The molecule has 0 aromatic rings. The number of fused-ring (bicyclic) bond motifs is 1. The second kappa shape index (κ2) is 4.04. The fourth-order valence-corrected chi connectivity index (χ4v) is 2.94. The first kappa shape index (κ1) is 11.4. The van der Waals surface area contributed by atoms with Gasteiger partial charge in [0.05, 0.1) is 0 Å². The van der Waals surface area contributed by atoms with Gasteiger partial charge in [0, 0.05) is 31.7 Å². The van der Waals surface area contributed by atoms with Crippen molar-refractivity contribution in [1.82, 2.24) is 14.7 Å². The van der Waals surface area contributed by atoms with Gasteiger partial charge in [0.1, 0.15) is 6.29 Å². The third-order valence-corrected chi connectivity index (χ3v) is 3.66. The van der Waals surface area contributed by atoms with Crippen molar-refractivity contribution >= 4 is 0 Å². The molecule has 0 spiro atoms. The quantitative estimate of drug-likeness (QED) is 0.600. The first-order chi connectivity index (χ1) is 7.00. The average molecular weight is 211 g/mol. The van der Waals surface area contributed by atoms with Crippen molar-refractivity contribution in [2.24, 2.45) is 0 Å². The Hall–Kier alpha value is -0.120. The molecule has 2 heterocycles. The number of rotatable bonds is 0. The molecule has 0 bridgehead atoms. The molecule has 1 atom stereocenters. The number of hydrogen-bond acceptors (Lipinski definition) is 3. The van der Waals surface area contributed by atoms with Gasteiger partial charge in [0.2, 0.25) is 0 Å². The smallest absolute Gasteiger partial charge is 0.119 e. The van der Waals surface area contributed by atoms with Crippen LogP contribution in [-0.4, -0.2) is 59.8 Å². The van der Waals surface area contributed by atoms with E-state index in [4.69, 9.17) is 0 Å². The van der Waals surface area contributed by atoms with Crippen molar-refractivity contribution in [2.75, 3.05) is 33.2 Å². The zero-order valence-corrected chi connectivity index (χ0v) is 10.7. The summed E-state index contributed by atoms with van der Waals surface area (Å²) in [4.78, 5) is 7.79. The Morgan fingerprint density at radius 3 is 2.13 bits per heavy atom. The van der Waals surface area contributed by atoms with E-state index in [2.05, 4.69) is 42.5 Å². The highest BCUT2D eigenvalue weighted by Gasteiger charge is 2.39. The van der Waals surface area contributed by atoms with Crippen LogP contribution < -0.4 is 0 Å². The van der Waals surface area contributed by atoms with Gasteiger partial charge < -0.3 is 0 Å². The second-order valence-electron chi connectivity index (χ2n) is 5.93. The predicted octanol–water partition coefficient (Wildman–Crippen LogP) is 1.41. The van der Waals surface area contributed by atoms with Crippen LogP contribution in [0, 0.1) is 0 Å². The fraction of sp³-hybridized carbons (Fsp3) is 1.00. The summed E-state index contributed by atoms with van der Waals surface area (Å²) in [6, 6.07) is 0. The van der Waals surface area contributed by atoms with E-state index in [0.29, 0.717) is 6.29 Å². The Bertz CT molecular complexity index is 219. The van der Waals surface area contributed by atoms with E-state index in [9.17, 15) is 0 Å². The molecule has 0 saturated carbocycles. The molecule has 0 aromatic carbocycles. The maximum Gasteiger partial charge on any atom is 0.119 e. The van der Waals surface area contributed by atoms with Crippen LogP contribution in [0.4, 0.5) is 0 Å². The molecule has 3 heteroatoms. The van der Waals surface area contributed by atoms with Gasteiger partial charge in [-0.25, -0.2) is 0 Å². The van der Waals surface area contributed by atoms with Crippen LogP contribution in [0.2, 0.25) is 0 Å². The van der Waals surface area contributed by atoms with Crippen LogP contribution in [-0.2, 0) is 0 Å². The normalized spacial score (nSPS) is 31.6. The van der Waals surface area contributed by atoms with Gasteiger partial charge in [0.25, 0.3) is 0 Å². The van der Waals surface area contributed by atoms with Crippen LogP contribution in [0.15, 0.2) is 0 Å². The molecular weight excluding hydrogens is 186 g/mol. The molecule has 2 fully saturated rings. The summed E-state index contributed by atoms with van der Waals surface area (Å²) in [6.45, 7) is 12.0. The van der Waals surface area contributed by atoms with E-state index in [1.807, 2.05) is 0 Å². The fourth-order valence-electron chi connectivity index (χ4n) is 2.94.